The largest absolute Gasteiger partial charge is 0.370 e. The van der Waals surface area contributed by atoms with E-state index in [1.165, 1.54) is 18.4 Å². The lowest BCUT2D eigenvalue weighted by molar-refractivity contribution is 0.0980. The molecule has 3 heterocycles. The van der Waals surface area contributed by atoms with Crippen molar-refractivity contribution >= 4 is 17.3 Å². The summed E-state index contributed by atoms with van der Waals surface area (Å²) in [7, 11) is 0. The Bertz CT molecular complexity index is 756. The number of hydrogen-bond donors (Lipinski definition) is 0. The molecule has 4 heteroatoms. The van der Waals surface area contributed by atoms with Crippen molar-refractivity contribution in [1.82, 2.24) is 4.98 Å². The summed E-state index contributed by atoms with van der Waals surface area (Å²) in [6.07, 6.45) is 6.44. The molecule has 2 aliphatic heterocycles. The van der Waals surface area contributed by atoms with E-state index in [0.29, 0.717) is 5.69 Å². The average molecular weight is 335 g/mol. The van der Waals surface area contributed by atoms with E-state index in [1.54, 1.807) is 0 Å². The maximum atomic E-state index is 13.0. The van der Waals surface area contributed by atoms with Crippen LogP contribution in [0.5, 0.6) is 0 Å². The predicted molar refractivity (Wildman–Crippen MR) is 101 cm³/mol. The molecule has 1 fully saturated rings. The lowest BCUT2D eigenvalue weighted by Crippen LogP contribution is -2.36. The minimum absolute atomic E-state index is 0.00529. The molecule has 4 rings (SSSR count). The van der Waals surface area contributed by atoms with Crippen LogP contribution < -0.4 is 9.80 Å². The second-order valence-electron chi connectivity index (χ2n) is 7.28. The molecule has 2 aliphatic rings. The van der Waals surface area contributed by atoms with E-state index in [0.717, 1.165) is 49.8 Å². The molecule has 0 radical (unpaired) electrons. The summed E-state index contributed by atoms with van der Waals surface area (Å²) in [5.41, 5.74) is 3.95. The monoisotopic (exact) mass is 335 g/mol. The Kier molecular flexibility index (Phi) is 4.43. The molecule has 25 heavy (non-hydrogen) atoms. The quantitative estimate of drug-likeness (QED) is 0.835. The molecular weight excluding hydrogens is 310 g/mol. The van der Waals surface area contributed by atoms with Gasteiger partial charge in [0.25, 0.3) is 5.91 Å². The summed E-state index contributed by atoms with van der Waals surface area (Å²) < 4.78 is 0. The van der Waals surface area contributed by atoms with Crippen molar-refractivity contribution in [2.24, 2.45) is 5.92 Å². The molecule has 0 N–H and O–H groups in total. The maximum Gasteiger partial charge on any atom is 0.276 e. The molecule has 1 aromatic heterocycles. The minimum atomic E-state index is 0.00529. The topological polar surface area (TPSA) is 36.4 Å². The lowest BCUT2D eigenvalue weighted by Gasteiger charge is -2.32. The van der Waals surface area contributed by atoms with Gasteiger partial charge in [0.05, 0.1) is 11.9 Å². The summed E-state index contributed by atoms with van der Waals surface area (Å²) >= 11 is 0. The van der Waals surface area contributed by atoms with E-state index in [1.807, 2.05) is 41.4 Å². The fraction of sp³-hybridized carbons (Fsp3) is 0.429. The predicted octanol–water partition coefficient (Wildman–Crippen LogP) is 3.91. The number of para-hydroxylation sites is 1. The fourth-order valence-corrected chi connectivity index (χ4v) is 4.01. The standard InChI is InChI=1S/C21H25N3O/c1-16-6-4-12-23(15-16)18-10-11-19(22-14-18)21(25)24-13-5-8-17-7-2-3-9-20(17)24/h2-3,7,9-11,14,16H,4-6,8,12-13,15H2,1H3. The molecule has 1 saturated heterocycles. The Morgan fingerprint density at radius 3 is 2.80 bits per heavy atom. The summed E-state index contributed by atoms with van der Waals surface area (Å²) in [5.74, 6) is 0.727. The van der Waals surface area contributed by atoms with Crippen LogP contribution in [0.25, 0.3) is 0 Å². The van der Waals surface area contributed by atoms with Crippen molar-refractivity contribution in [3.05, 3.63) is 53.9 Å². The molecule has 4 nitrogen and oxygen atoms in total. The number of anilines is 2. The summed E-state index contributed by atoms with van der Waals surface area (Å²) in [4.78, 5) is 21.7. The van der Waals surface area contributed by atoms with E-state index < -0.39 is 0 Å². The number of carbonyl (C=O) groups is 1. The highest BCUT2D eigenvalue weighted by Gasteiger charge is 2.24. The molecule has 0 aliphatic carbocycles. The van der Waals surface area contributed by atoms with Crippen molar-refractivity contribution in [1.29, 1.82) is 0 Å². The number of aryl methyl sites for hydroxylation is 1. The Hall–Kier alpha value is -2.36. The van der Waals surface area contributed by atoms with Gasteiger partial charge in [0.2, 0.25) is 0 Å². The second kappa shape index (κ2) is 6.87. The average Bonchev–Trinajstić information content (AvgIpc) is 2.67. The van der Waals surface area contributed by atoms with Gasteiger partial charge in [0, 0.05) is 25.3 Å². The first-order chi connectivity index (χ1) is 12.2. The van der Waals surface area contributed by atoms with Crippen LogP contribution in [0.4, 0.5) is 11.4 Å². The number of benzene rings is 1. The van der Waals surface area contributed by atoms with Gasteiger partial charge < -0.3 is 9.80 Å². The third-order valence-electron chi connectivity index (χ3n) is 5.34. The number of rotatable bonds is 2. The van der Waals surface area contributed by atoms with E-state index >= 15 is 0 Å². The molecule has 1 amide bonds. The summed E-state index contributed by atoms with van der Waals surface area (Å²) in [5, 5.41) is 0. The van der Waals surface area contributed by atoms with E-state index in [9.17, 15) is 4.79 Å². The van der Waals surface area contributed by atoms with Crippen LogP contribution in [0, 0.1) is 5.92 Å². The number of amides is 1. The number of hydrogen-bond acceptors (Lipinski definition) is 3. The number of carbonyl (C=O) groups excluding carboxylic acids is 1. The summed E-state index contributed by atoms with van der Waals surface area (Å²) in [6.45, 7) is 5.22. The van der Waals surface area contributed by atoms with Crippen LogP contribution in [0.2, 0.25) is 0 Å². The van der Waals surface area contributed by atoms with E-state index in [4.69, 9.17) is 0 Å². The third-order valence-corrected chi connectivity index (χ3v) is 5.34. The fourth-order valence-electron chi connectivity index (χ4n) is 4.01. The molecule has 1 atom stereocenters. The van der Waals surface area contributed by atoms with Gasteiger partial charge >= 0.3 is 0 Å². The second-order valence-corrected chi connectivity index (χ2v) is 7.28. The number of nitrogens with zero attached hydrogens (tertiary/aromatic N) is 3. The molecule has 1 unspecified atom stereocenters. The van der Waals surface area contributed by atoms with Crippen LogP contribution in [-0.2, 0) is 6.42 Å². The molecule has 1 aromatic carbocycles. The Balaban J connectivity index is 1.53. The van der Waals surface area contributed by atoms with Gasteiger partial charge in [-0.05, 0) is 55.4 Å². The molecule has 0 spiro atoms. The molecule has 0 saturated carbocycles. The van der Waals surface area contributed by atoms with Gasteiger partial charge in [-0.25, -0.2) is 4.98 Å². The van der Waals surface area contributed by atoms with Gasteiger partial charge in [0.1, 0.15) is 5.69 Å². The summed E-state index contributed by atoms with van der Waals surface area (Å²) in [6, 6.07) is 12.1. The highest BCUT2D eigenvalue weighted by Crippen LogP contribution is 2.28. The first kappa shape index (κ1) is 16.1. The lowest BCUT2D eigenvalue weighted by atomic mass is 10.00. The Morgan fingerprint density at radius 2 is 2.00 bits per heavy atom. The van der Waals surface area contributed by atoms with Crippen molar-refractivity contribution < 1.29 is 4.79 Å². The maximum absolute atomic E-state index is 13.0. The zero-order valence-corrected chi connectivity index (χ0v) is 14.8. The number of aromatic nitrogens is 1. The first-order valence-corrected chi connectivity index (χ1v) is 9.33. The molecular formula is C21H25N3O. The van der Waals surface area contributed by atoms with Crippen molar-refractivity contribution in [2.75, 3.05) is 29.4 Å². The van der Waals surface area contributed by atoms with Crippen molar-refractivity contribution in [2.45, 2.75) is 32.6 Å². The van der Waals surface area contributed by atoms with Crippen LogP contribution >= 0.6 is 0 Å². The molecule has 130 valence electrons. The van der Waals surface area contributed by atoms with Gasteiger partial charge in [-0.1, -0.05) is 25.1 Å². The van der Waals surface area contributed by atoms with E-state index in [2.05, 4.69) is 22.9 Å². The smallest absolute Gasteiger partial charge is 0.276 e. The molecule has 2 aromatic rings. The van der Waals surface area contributed by atoms with Gasteiger partial charge in [0.15, 0.2) is 0 Å². The van der Waals surface area contributed by atoms with Gasteiger partial charge in [-0.3, -0.25) is 4.79 Å². The van der Waals surface area contributed by atoms with Crippen LogP contribution in [0.3, 0.4) is 0 Å². The van der Waals surface area contributed by atoms with Crippen LogP contribution in [0.1, 0.15) is 42.2 Å². The van der Waals surface area contributed by atoms with E-state index in [-0.39, 0.29) is 5.91 Å². The highest BCUT2D eigenvalue weighted by molar-refractivity contribution is 6.05. The SMILES string of the molecule is CC1CCCN(c2ccc(C(=O)N3CCCc4ccccc43)nc2)C1. The van der Waals surface area contributed by atoms with Crippen molar-refractivity contribution in [3.63, 3.8) is 0 Å². The Labute approximate surface area is 149 Å². The van der Waals surface area contributed by atoms with Crippen LogP contribution in [-0.4, -0.2) is 30.5 Å². The normalized spacial score (nSPS) is 20.3. The highest BCUT2D eigenvalue weighted by atomic mass is 16.2. The number of pyridine rings is 1. The number of fused-ring (bicyclic) bond motifs is 1. The minimum Gasteiger partial charge on any atom is -0.370 e. The number of piperidine rings is 1. The van der Waals surface area contributed by atoms with Gasteiger partial charge in [-0.15, -0.1) is 0 Å². The van der Waals surface area contributed by atoms with Crippen molar-refractivity contribution in [3.8, 4) is 0 Å². The van der Waals surface area contributed by atoms with Gasteiger partial charge in [-0.2, -0.15) is 0 Å². The van der Waals surface area contributed by atoms with Crippen LogP contribution in [0.15, 0.2) is 42.6 Å². The Morgan fingerprint density at radius 1 is 1.12 bits per heavy atom. The third kappa shape index (κ3) is 3.26. The first-order valence-electron chi connectivity index (χ1n) is 9.33. The molecule has 0 bridgehead atoms. The zero-order valence-electron chi connectivity index (χ0n) is 14.8. The zero-order chi connectivity index (χ0) is 17.2.